The Morgan fingerprint density at radius 1 is 0.848 bits per heavy atom. The molecule has 0 radical (unpaired) electrons. The number of nitrogens with zero attached hydrogens (tertiary/aromatic N) is 3. The monoisotopic (exact) mass is 449 g/mol. The lowest BCUT2D eigenvalue weighted by Gasteiger charge is -2.37. The quantitative estimate of drug-likeness (QED) is 0.433. The Morgan fingerprint density at radius 3 is 2.21 bits per heavy atom. The van der Waals surface area contributed by atoms with Crippen LogP contribution >= 0.6 is 0 Å². The molecule has 1 fully saturated rings. The molecule has 0 saturated carbocycles. The number of benzene rings is 2. The molecule has 33 heavy (non-hydrogen) atoms. The Labute approximate surface area is 195 Å². The van der Waals surface area contributed by atoms with E-state index in [0.717, 1.165) is 13.1 Å². The van der Waals surface area contributed by atoms with Gasteiger partial charge in [-0.05, 0) is 31.5 Å². The molecule has 0 N–H and O–H groups in total. The van der Waals surface area contributed by atoms with E-state index in [2.05, 4.69) is 21.9 Å². The maximum Gasteiger partial charge on any atom is 0.277 e. The number of para-hydroxylation sites is 2. The Morgan fingerprint density at radius 2 is 1.52 bits per heavy atom. The van der Waals surface area contributed by atoms with Crippen LogP contribution in [0, 0.1) is 0 Å². The zero-order valence-corrected chi connectivity index (χ0v) is 19.3. The molecule has 0 aromatic heterocycles. The van der Waals surface area contributed by atoms with E-state index < -0.39 is 0 Å². The molecule has 7 nitrogen and oxygen atoms in total. The van der Waals surface area contributed by atoms with E-state index in [4.69, 9.17) is 9.47 Å². The van der Waals surface area contributed by atoms with Crippen LogP contribution in [0.2, 0.25) is 0 Å². The number of anilines is 1. The van der Waals surface area contributed by atoms with E-state index in [1.54, 1.807) is 7.11 Å². The number of piperazine rings is 1. The Hall–Kier alpha value is -3.32. The summed E-state index contributed by atoms with van der Waals surface area (Å²) in [5.74, 6) is 0.0947. The first-order chi connectivity index (χ1) is 16.2. The molecule has 2 heterocycles. The van der Waals surface area contributed by atoms with Crippen LogP contribution in [0.3, 0.4) is 0 Å². The number of hydrogen-bond acceptors (Lipinski definition) is 6. The third-order valence-electron chi connectivity index (χ3n) is 6.11. The molecule has 7 heteroatoms. The van der Waals surface area contributed by atoms with Gasteiger partial charge in [0.2, 0.25) is 0 Å². The summed E-state index contributed by atoms with van der Waals surface area (Å²) in [6.45, 7) is 6.27. The molecule has 2 aliphatic heterocycles. The lowest BCUT2D eigenvalue weighted by atomic mass is 10.0. The number of carbonyl (C=O) groups excluding carboxylic acids is 2. The molecule has 0 aliphatic carbocycles. The molecule has 2 aliphatic rings. The van der Waals surface area contributed by atoms with Crippen molar-refractivity contribution in [2.45, 2.75) is 13.3 Å². The number of methoxy groups -OCH3 is 1. The number of amides is 2. The minimum absolute atomic E-state index is 0.231. The van der Waals surface area contributed by atoms with Crippen molar-refractivity contribution in [3.63, 3.8) is 0 Å². The summed E-state index contributed by atoms with van der Waals surface area (Å²) in [6, 6.07) is 17.7. The summed E-state index contributed by atoms with van der Waals surface area (Å²) >= 11 is 0. The largest absolute Gasteiger partial charge is 0.496 e. The van der Waals surface area contributed by atoms with Crippen LogP contribution < -0.4 is 9.64 Å². The predicted molar refractivity (Wildman–Crippen MR) is 128 cm³/mol. The molecule has 174 valence electrons. The van der Waals surface area contributed by atoms with Gasteiger partial charge >= 0.3 is 0 Å². The van der Waals surface area contributed by atoms with Gasteiger partial charge in [-0.15, -0.1) is 0 Å². The van der Waals surface area contributed by atoms with E-state index in [0.29, 0.717) is 61.9 Å². The first-order valence-electron chi connectivity index (χ1n) is 11.5. The first kappa shape index (κ1) is 22.9. The van der Waals surface area contributed by atoms with Crippen molar-refractivity contribution >= 4 is 23.1 Å². The molecular weight excluding hydrogens is 418 g/mol. The lowest BCUT2D eigenvalue weighted by molar-refractivity contribution is -0.137. The van der Waals surface area contributed by atoms with Gasteiger partial charge in [0.05, 0.1) is 12.7 Å². The van der Waals surface area contributed by atoms with Crippen molar-refractivity contribution in [2.75, 3.05) is 57.9 Å². The van der Waals surface area contributed by atoms with Gasteiger partial charge in [-0.1, -0.05) is 36.4 Å². The summed E-state index contributed by atoms with van der Waals surface area (Å²) in [5, 5.41) is 0. The van der Waals surface area contributed by atoms with Gasteiger partial charge in [0.15, 0.2) is 0 Å². The van der Waals surface area contributed by atoms with Crippen LogP contribution in [0.1, 0.15) is 18.9 Å². The van der Waals surface area contributed by atoms with Crippen molar-refractivity contribution in [1.82, 2.24) is 9.80 Å². The number of hydrogen-bond donors (Lipinski definition) is 0. The smallest absolute Gasteiger partial charge is 0.277 e. The van der Waals surface area contributed by atoms with Crippen LogP contribution in [-0.4, -0.2) is 74.7 Å². The van der Waals surface area contributed by atoms with E-state index >= 15 is 0 Å². The van der Waals surface area contributed by atoms with Crippen LogP contribution in [0.4, 0.5) is 5.69 Å². The van der Waals surface area contributed by atoms with Crippen LogP contribution in [-0.2, 0) is 14.3 Å². The number of carbonyl (C=O) groups is 2. The topological polar surface area (TPSA) is 62.3 Å². The molecule has 0 spiro atoms. The summed E-state index contributed by atoms with van der Waals surface area (Å²) < 4.78 is 10.9. The minimum atomic E-state index is -0.263. The highest BCUT2D eigenvalue weighted by Gasteiger charge is 2.42. The van der Waals surface area contributed by atoms with E-state index in [1.165, 1.54) is 10.6 Å². The van der Waals surface area contributed by atoms with E-state index in [9.17, 15) is 9.59 Å². The van der Waals surface area contributed by atoms with Crippen LogP contribution in [0.5, 0.6) is 5.75 Å². The second-order valence-electron chi connectivity index (χ2n) is 8.05. The maximum atomic E-state index is 13.5. The highest BCUT2D eigenvalue weighted by molar-refractivity contribution is 6.36. The van der Waals surface area contributed by atoms with Gasteiger partial charge in [-0.2, -0.15) is 0 Å². The van der Waals surface area contributed by atoms with Crippen molar-refractivity contribution in [1.29, 1.82) is 0 Å². The predicted octanol–water partition coefficient (Wildman–Crippen LogP) is 3.02. The first-order valence-corrected chi connectivity index (χ1v) is 11.5. The molecule has 0 atom stereocenters. The van der Waals surface area contributed by atoms with Crippen LogP contribution in [0.25, 0.3) is 5.57 Å². The van der Waals surface area contributed by atoms with E-state index in [1.807, 2.05) is 49.4 Å². The van der Waals surface area contributed by atoms with Gasteiger partial charge in [0.25, 0.3) is 11.8 Å². The fourth-order valence-electron chi connectivity index (χ4n) is 4.45. The molecular formula is C26H31N3O4. The third kappa shape index (κ3) is 4.73. The summed E-state index contributed by atoms with van der Waals surface area (Å²) in [4.78, 5) is 32.8. The standard InChI is InChI=1S/C26H31N3O4/c1-3-33-19-9-14-29-25(30)23(21-12-7-8-13-22(21)32-2)24(26(29)31)28-17-15-27(16-18-28)20-10-5-4-6-11-20/h4-8,10-13H,3,9,14-19H2,1-2H3. The van der Waals surface area contributed by atoms with Crippen molar-refractivity contribution in [3.05, 3.63) is 65.9 Å². The molecule has 0 unspecified atom stereocenters. The highest BCUT2D eigenvalue weighted by Crippen LogP contribution is 2.36. The number of rotatable bonds is 9. The number of ether oxygens (including phenoxy) is 2. The van der Waals surface area contributed by atoms with Gasteiger partial charge in [0.1, 0.15) is 11.4 Å². The zero-order valence-electron chi connectivity index (χ0n) is 19.3. The maximum absolute atomic E-state index is 13.5. The summed E-state index contributed by atoms with van der Waals surface area (Å²) in [6.07, 6.45) is 0.611. The van der Waals surface area contributed by atoms with Gasteiger partial charge in [0, 0.05) is 57.2 Å². The summed E-state index contributed by atoms with van der Waals surface area (Å²) in [5.41, 5.74) is 2.74. The Balaban J connectivity index is 1.62. The zero-order chi connectivity index (χ0) is 23.2. The fourth-order valence-corrected chi connectivity index (χ4v) is 4.45. The second-order valence-corrected chi connectivity index (χ2v) is 8.05. The van der Waals surface area contributed by atoms with Crippen molar-refractivity contribution < 1.29 is 19.1 Å². The third-order valence-corrected chi connectivity index (χ3v) is 6.11. The molecule has 1 saturated heterocycles. The Kier molecular flexibility index (Phi) is 7.29. The summed E-state index contributed by atoms with van der Waals surface area (Å²) in [7, 11) is 1.58. The molecule has 2 aromatic rings. The molecule has 4 rings (SSSR count). The SMILES string of the molecule is CCOCCCN1C(=O)C(c2ccccc2OC)=C(N2CCN(c3ccccc3)CC2)C1=O. The van der Waals surface area contributed by atoms with Gasteiger partial charge < -0.3 is 19.3 Å². The average molecular weight is 450 g/mol. The van der Waals surface area contributed by atoms with Crippen LogP contribution in [0.15, 0.2) is 60.3 Å². The highest BCUT2D eigenvalue weighted by atomic mass is 16.5. The fraction of sp³-hybridized carbons (Fsp3) is 0.385. The van der Waals surface area contributed by atoms with Gasteiger partial charge in [-0.25, -0.2) is 0 Å². The van der Waals surface area contributed by atoms with Crippen molar-refractivity contribution in [2.24, 2.45) is 0 Å². The number of imide groups is 1. The Bertz CT molecular complexity index is 1010. The minimum Gasteiger partial charge on any atom is -0.496 e. The normalized spacial score (nSPS) is 16.7. The lowest BCUT2D eigenvalue weighted by Crippen LogP contribution is -2.47. The second kappa shape index (κ2) is 10.5. The van der Waals surface area contributed by atoms with E-state index in [-0.39, 0.29) is 11.8 Å². The molecule has 0 bridgehead atoms. The van der Waals surface area contributed by atoms with Gasteiger partial charge in [-0.3, -0.25) is 14.5 Å². The average Bonchev–Trinajstić information content (AvgIpc) is 3.11. The molecule has 2 aromatic carbocycles. The molecule has 2 amide bonds. The van der Waals surface area contributed by atoms with Crippen molar-refractivity contribution in [3.8, 4) is 5.75 Å².